The molecule has 0 fully saturated rings. The van der Waals surface area contributed by atoms with E-state index in [0.29, 0.717) is 5.69 Å². The first kappa shape index (κ1) is 12.5. The SMILES string of the molecule is C/C=C/CCNCc1c[nH]c(C(=O)OC)c1. The molecule has 16 heavy (non-hydrogen) atoms. The minimum absolute atomic E-state index is 0.333. The number of esters is 1. The van der Waals surface area contributed by atoms with Gasteiger partial charge in [0, 0.05) is 12.7 Å². The maximum atomic E-state index is 11.2. The molecule has 0 unspecified atom stereocenters. The third-order valence-corrected chi connectivity index (χ3v) is 2.20. The van der Waals surface area contributed by atoms with Gasteiger partial charge in [0.15, 0.2) is 0 Å². The number of rotatable bonds is 6. The number of carbonyl (C=O) groups excluding carboxylic acids is 1. The summed E-state index contributed by atoms with van der Waals surface area (Å²) in [5.74, 6) is -0.333. The van der Waals surface area contributed by atoms with Crippen molar-refractivity contribution in [2.75, 3.05) is 13.7 Å². The number of allylic oxidation sites excluding steroid dienone is 1. The Labute approximate surface area is 95.7 Å². The molecule has 0 saturated heterocycles. The lowest BCUT2D eigenvalue weighted by molar-refractivity contribution is 0.0595. The summed E-state index contributed by atoms with van der Waals surface area (Å²) in [5, 5.41) is 3.28. The lowest BCUT2D eigenvalue weighted by Gasteiger charge is -1.99. The number of H-pyrrole nitrogens is 1. The lowest BCUT2D eigenvalue weighted by Crippen LogP contribution is -2.13. The van der Waals surface area contributed by atoms with Crippen LogP contribution in [0.4, 0.5) is 0 Å². The molecule has 0 spiro atoms. The molecular weight excluding hydrogens is 204 g/mol. The maximum Gasteiger partial charge on any atom is 0.354 e. The minimum atomic E-state index is -0.333. The van der Waals surface area contributed by atoms with Gasteiger partial charge in [-0.2, -0.15) is 0 Å². The van der Waals surface area contributed by atoms with Crippen molar-refractivity contribution in [3.8, 4) is 0 Å². The van der Waals surface area contributed by atoms with Crippen LogP contribution in [0.25, 0.3) is 0 Å². The fourth-order valence-electron chi connectivity index (χ4n) is 1.35. The number of aromatic nitrogens is 1. The van der Waals surface area contributed by atoms with E-state index in [1.807, 2.05) is 19.2 Å². The predicted octanol–water partition coefficient (Wildman–Crippen LogP) is 1.86. The second-order valence-corrected chi connectivity index (χ2v) is 3.45. The largest absolute Gasteiger partial charge is 0.464 e. The highest BCUT2D eigenvalue weighted by molar-refractivity contribution is 5.87. The van der Waals surface area contributed by atoms with Gasteiger partial charge in [0.25, 0.3) is 0 Å². The summed E-state index contributed by atoms with van der Waals surface area (Å²) in [6, 6.07) is 1.80. The van der Waals surface area contributed by atoms with Crippen molar-refractivity contribution in [1.82, 2.24) is 10.3 Å². The van der Waals surface area contributed by atoms with Gasteiger partial charge in [0.05, 0.1) is 7.11 Å². The van der Waals surface area contributed by atoms with E-state index < -0.39 is 0 Å². The zero-order valence-corrected chi connectivity index (χ0v) is 9.75. The molecular formula is C12H18N2O2. The quantitative estimate of drug-likeness (QED) is 0.439. The van der Waals surface area contributed by atoms with Gasteiger partial charge >= 0.3 is 5.97 Å². The molecule has 0 aliphatic carbocycles. The van der Waals surface area contributed by atoms with Gasteiger partial charge in [-0.1, -0.05) is 12.2 Å². The van der Waals surface area contributed by atoms with E-state index in [1.165, 1.54) is 7.11 Å². The van der Waals surface area contributed by atoms with Crippen LogP contribution in [0.15, 0.2) is 24.4 Å². The van der Waals surface area contributed by atoms with Gasteiger partial charge in [-0.05, 0) is 31.5 Å². The van der Waals surface area contributed by atoms with Crippen molar-refractivity contribution < 1.29 is 9.53 Å². The fraction of sp³-hybridized carbons (Fsp3) is 0.417. The lowest BCUT2D eigenvalue weighted by atomic mass is 10.3. The Morgan fingerprint density at radius 1 is 1.62 bits per heavy atom. The molecule has 0 radical (unpaired) electrons. The molecule has 0 aliphatic rings. The van der Waals surface area contributed by atoms with E-state index in [0.717, 1.165) is 25.1 Å². The Balaban J connectivity index is 2.32. The van der Waals surface area contributed by atoms with Crippen LogP contribution in [-0.2, 0) is 11.3 Å². The van der Waals surface area contributed by atoms with Crippen molar-refractivity contribution in [3.05, 3.63) is 35.7 Å². The second kappa shape index (κ2) is 6.85. The van der Waals surface area contributed by atoms with Gasteiger partial charge in [-0.25, -0.2) is 4.79 Å². The van der Waals surface area contributed by atoms with E-state index in [1.54, 1.807) is 6.07 Å². The Morgan fingerprint density at radius 3 is 3.12 bits per heavy atom. The summed E-state index contributed by atoms with van der Waals surface area (Å²) in [5.41, 5.74) is 1.55. The Morgan fingerprint density at radius 2 is 2.44 bits per heavy atom. The summed E-state index contributed by atoms with van der Waals surface area (Å²) >= 11 is 0. The van der Waals surface area contributed by atoms with Gasteiger partial charge in [-0.15, -0.1) is 0 Å². The Kier molecular flexibility index (Phi) is 5.36. The highest BCUT2D eigenvalue weighted by Crippen LogP contribution is 2.04. The summed E-state index contributed by atoms with van der Waals surface area (Å²) in [4.78, 5) is 14.0. The molecule has 2 N–H and O–H groups in total. The summed E-state index contributed by atoms with van der Waals surface area (Å²) in [6.45, 7) is 3.70. The third kappa shape index (κ3) is 3.90. The zero-order valence-electron chi connectivity index (χ0n) is 9.75. The van der Waals surface area contributed by atoms with Crippen LogP contribution in [0.2, 0.25) is 0 Å². The van der Waals surface area contributed by atoms with Crippen LogP contribution in [0.1, 0.15) is 29.4 Å². The summed E-state index contributed by atoms with van der Waals surface area (Å²) in [7, 11) is 1.37. The van der Waals surface area contributed by atoms with Crippen LogP contribution >= 0.6 is 0 Å². The fourth-order valence-corrected chi connectivity index (χ4v) is 1.35. The summed E-state index contributed by atoms with van der Waals surface area (Å²) < 4.78 is 4.61. The van der Waals surface area contributed by atoms with Gasteiger partial charge < -0.3 is 15.0 Å². The smallest absolute Gasteiger partial charge is 0.354 e. The van der Waals surface area contributed by atoms with E-state index >= 15 is 0 Å². The van der Waals surface area contributed by atoms with Gasteiger partial charge in [0.2, 0.25) is 0 Å². The number of nitrogens with one attached hydrogen (secondary N) is 2. The van der Waals surface area contributed by atoms with E-state index in [9.17, 15) is 4.79 Å². The molecule has 0 bridgehead atoms. The molecule has 0 amide bonds. The van der Waals surface area contributed by atoms with Gasteiger partial charge in [0.1, 0.15) is 5.69 Å². The standard InChI is InChI=1S/C12H18N2O2/c1-3-4-5-6-13-8-10-7-11(14-9-10)12(15)16-2/h3-4,7,9,13-14H,5-6,8H2,1-2H3/b4-3+. The number of hydrogen-bond acceptors (Lipinski definition) is 3. The molecule has 88 valence electrons. The average Bonchev–Trinajstić information content (AvgIpc) is 2.76. The first-order chi connectivity index (χ1) is 7.77. The minimum Gasteiger partial charge on any atom is -0.464 e. The monoisotopic (exact) mass is 222 g/mol. The molecule has 0 aliphatic heterocycles. The highest BCUT2D eigenvalue weighted by Gasteiger charge is 2.07. The van der Waals surface area contributed by atoms with E-state index in [4.69, 9.17) is 0 Å². The topological polar surface area (TPSA) is 54.1 Å². The summed E-state index contributed by atoms with van der Waals surface area (Å²) in [6.07, 6.45) is 6.98. The number of methoxy groups -OCH3 is 1. The van der Waals surface area contributed by atoms with Crippen LogP contribution < -0.4 is 5.32 Å². The molecule has 1 aromatic rings. The van der Waals surface area contributed by atoms with Crippen LogP contribution in [-0.4, -0.2) is 24.6 Å². The molecule has 4 heteroatoms. The molecule has 1 heterocycles. The molecule has 1 rings (SSSR count). The molecule has 0 saturated carbocycles. The zero-order chi connectivity index (χ0) is 11.8. The molecule has 4 nitrogen and oxygen atoms in total. The first-order valence-corrected chi connectivity index (χ1v) is 5.35. The molecule has 1 aromatic heterocycles. The first-order valence-electron chi connectivity index (χ1n) is 5.35. The van der Waals surface area contributed by atoms with Crippen molar-refractivity contribution in [3.63, 3.8) is 0 Å². The second-order valence-electron chi connectivity index (χ2n) is 3.45. The number of hydrogen-bond donors (Lipinski definition) is 2. The number of carbonyl (C=O) groups is 1. The van der Waals surface area contributed by atoms with Crippen LogP contribution in [0.3, 0.4) is 0 Å². The van der Waals surface area contributed by atoms with Crippen molar-refractivity contribution in [1.29, 1.82) is 0 Å². The predicted molar refractivity (Wildman–Crippen MR) is 63.3 cm³/mol. The normalized spacial score (nSPS) is 10.9. The van der Waals surface area contributed by atoms with Crippen LogP contribution in [0.5, 0.6) is 0 Å². The maximum absolute atomic E-state index is 11.2. The Hall–Kier alpha value is -1.55. The van der Waals surface area contributed by atoms with Crippen molar-refractivity contribution in [2.24, 2.45) is 0 Å². The van der Waals surface area contributed by atoms with Crippen molar-refractivity contribution in [2.45, 2.75) is 19.9 Å². The molecule has 0 atom stereocenters. The Bertz CT molecular complexity index is 356. The number of aromatic amines is 1. The van der Waals surface area contributed by atoms with Crippen LogP contribution in [0, 0.1) is 0 Å². The highest BCUT2D eigenvalue weighted by atomic mass is 16.5. The number of ether oxygens (including phenoxy) is 1. The van der Waals surface area contributed by atoms with Gasteiger partial charge in [-0.3, -0.25) is 0 Å². The third-order valence-electron chi connectivity index (χ3n) is 2.20. The van der Waals surface area contributed by atoms with E-state index in [-0.39, 0.29) is 5.97 Å². The molecule has 0 aromatic carbocycles. The van der Waals surface area contributed by atoms with E-state index in [2.05, 4.69) is 21.1 Å². The van der Waals surface area contributed by atoms with Crippen molar-refractivity contribution >= 4 is 5.97 Å². The average molecular weight is 222 g/mol.